The van der Waals surface area contributed by atoms with Crippen LogP contribution in [0.3, 0.4) is 0 Å². The lowest BCUT2D eigenvalue weighted by molar-refractivity contribution is 0.245. The van der Waals surface area contributed by atoms with E-state index in [0.717, 1.165) is 0 Å². The van der Waals surface area contributed by atoms with Gasteiger partial charge >= 0.3 is 0 Å². The highest BCUT2D eigenvalue weighted by atomic mass is 28.3. The van der Waals surface area contributed by atoms with Crippen molar-refractivity contribution >= 4 is 8.07 Å². The van der Waals surface area contributed by atoms with E-state index in [1.54, 1.807) is 5.57 Å². The molecule has 0 radical (unpaired) electrons. The molecular formula is C19H31NSi. The molecule has 1 aromatic carbocycles. The molecule has 0 aromatic heterocycles. The number of hydrogen-bond acceptors (Lipinski definition) is 1. The fourth-order valence-electron chi connectivity index (χ4n) is 3.16. The van der Waals surface area contributed by atoms with Crippen molar-refractivity contribution in [3.05, 3.63) is 47.2 Å². The van der Waals surface area contributed by atoms with Gasteiger partial charge in [0.2, 0.25) is 0 Å². The maximum atomic E-state index is 2.67. The lowest BCUT2D eigenvalue weighted by atomic mass is 10.0. The average Bonchev–Trinajstić information content (AvgIpc) is 2.45. The van der Waals surface area contributed by atoms with Gasteiger partial charge in [0.15, 0.2) is 0 Å². The van der Waals surface area contributed by atoms with E-state index in [-0.39, 0.29) is 0 Å². The van der Waals surface area contributed by atoms with Gasteiger partial charge in [-0.3, -0.25) is 4.90 Å². The SMILES string of the molecule is C[Si](C)(C)/C=C(\CCc1ccccc1)CN1CCCCC1. The number of piperidine rings is 1. The minimum Gasteiger partial charge on any atom is -0.299 e. The van der Waals surface area contributed by atoms with Crippen molar-refractivity contribution < 1.29 is 0 Å². The van der Waals surface area contributed by atoms with Gasteiger partial charge < -0.3 is 0 Å². The number of nitrogens with zero attached hydrogens (tertiary/aromatic N) is 1. The number of hydrogen-bond donors (Lipinski definition) is 0. The molecule has 1 heterocycles. The Kier molecular flexibility index (Phi) is 6.25. The Morgan fingerprint density at radius 1 is 1.05 bits per heavy atom. The van der Waals surface area contributed by atoms with Crippen LogP contribution in [0.4, 0.5) is 0 Å². The standard InChI is InChI=1S/C19H31NSi/c1-21(2,3)17-19(16-20-14-8-5-9-15-20)13-12-18-10-6-4-7-11-18/h4,6-7,10-11,17H,5,8-9,12-16H2,1-3H3/b19-17+. The van der Waals surface area contributed by atoms with Crippen LogP contribution >= 0.6 is 0 Å². The van der Waals surface area contributed by atoms with E-state index < -0.39 is 8.07 Å². The molecular weight excluding hydrogens is 270 g/mol. The summed E-state index contributed by atoms with van der Waals surface area (Å²) in [6, 6.07) is 10.9. The lowest BCUT2D eigenvalue weighted by Gasteiger charge is -2.28. The van der Waals surface area contributed by atoms with Crippen molar-refractivity contribution in [1.29, 1.82) is 0 Å². The van der Waals surface area contributed by atoms with Crippen molar-refractivity contribution in [2.45, 2.75) is 51.7 Å². The summed E-state index contributed by atoms with van der Waals surface area (Å²) in [5.74, 6) is 0. The van der Waals surface area contributed by atoms with Gasteiger partial charge in [-0.25, -0.2) is 0 Å². The van der Waals surface area contributed by atoms with Crippen LogP contribution in [0.15, 0.2) is 41.6 Å². The van der Waals surface area contributed by atoms with E-state index in [9.17, 15) is 0 Å². The molecule has 0 aliphatic carbocycles. The van der Waals surface area contributed by atoms with Gasteiger partial charge in [-0.15, -0.1) is 0 Å². The van der Waals surface area contributed by atoms with Gasteiger partial charge in [0.1, 0.15) is 0 Å². The predicted octanol–water partition coefficient (Wildman–Crippen LogP) is 4.91. The molecule has 116 valence electrons. The van der Waals surface area contributed by atoms with Gasteiger partial charge in [0, 0.05) is 6.54 Å². The third-order valence-corrected chi connectivity index (χ3v) is 5.36. The molecule has 0 saturated carbocycles. The Labute approximate surface area is 132 Å². The largest absolute Gasteiger partial charge is 0.299 e. The van der Waals surface area contributed by atoms with Crippen molar-refractivity contribution in [2.75, 3.05) is 19.6 Å². The topological polar surface area (TPSA) is 3.24 Å². The summed E-state index contributed by atoms with van der Waals surface area (Å²) in [7, 11) is -1.13. The van der Waals surface area contributed by atoms with Crippen LogP contribution in [0.5, 0.6) is 0 Å². The van der Waals surface area contributed by atoms with Gasteiger partial charge in [0.05, 0.1) is 8.07 Å². The van der Waals surface area contributed by atoms with E-state index >= 15 is 0 Å². The van der Waals surface area contributed by atoms with Gasteiger partial charge in [-0.1, -0.05) is 67.7 Å². The van der Waals surface area contributed by atoms with Crippen molar-refractivity contribution in [3.8, 4) is 0 Å². The van der Waals surface area contributed by atoms with Crippen LogP contribution in [0.25, 0.3) is 0 Å². The number of aryl methyl sites for hydroxylation is 1. The Hall–Kier alpha value is -0.863. The Morgan fingerprint density at radius 2 is 1.71 bits per heavy atom. The van der Waals surface area contributed by atoms with Crippen molar-refractivity contribution in [3.63, 3.8) is 0 Å². The van der Waals surface area contributed by atoms with Gasteiger partial charge in [0.25, 0.3) is 0 Å². The summed E-state index contributed by atoms with van der Waals surface area (Å²) in [4.78, 5) is 2.67. The maximum Gasteiger partial charge on any atom is 0.0687 e. The lowest BCUT2D eigenvalue weighted by Crippen LogP contribution is -2.32. The summed E-state index contributed by atoms with van der Waals surface area (Å²) in [6.45, 7) is 11.2. The Balaban J connectivity index is 1.96. The summed E-state index contributed by atoms with van der Waals surface area (Å²) >= 11 is 0. The molecule has 1 aliphatic rings. The molecule has 0 amide bonds. The number of likely N-dealkylation sites (tertiary alicyclic amines) is 1. The summed E-state index contributed by atoms with van der Waals surface area (Å²) < 4.78 is 0. The minimum atomic E-state index is -1.13. The summed E-state index contributed by atoms with van der Waals surface area (Å²) in [5.41, 5.74) is 5.79. The normalized spacial score (nSPS) is 18.0. The zero-order chi connectivity index (χ0) is 15.1. The third-order valence-electron chi connectivity index (χ3n) is 4.09. The summed E-state index contributed by atoms with van der Waals surface area (Å²) in [6.07, 6.45) is 6.61. The molecule has 21 heavy (non-hydrogen) atoms. The average molecular weight is 302 g/mol. The van der Waals surface area contributed by atoms with Crippen LogP contribution in [-0.4, -0.2) is 32.6 Å². The van der Waals surface area contributed by atoms with E-state index in [1.807, 2.05) is 0 Å². The molecule has 2 heteroatoms. The van der Waals surface area contributed by atoms with Gasteiger partial charge in [-0.2, -0.15) is 0 Å². The molecule has 1 aromatic rings. The zero-order valence-electron chi connectivity index (χ0n) is 14.1. The number of benzene rings is 1. The third kappa shape index (κ3) is 6.62. The van der Waals surface area contributed by atoms with Gasteiger partial charge in [-0.05, 0) is 44.3 Å². The van der Waals surface area contributed by atoms with Crippen LogP contribution in [0.2, 0.25) is 19.6 Å². The molecule has 1 saturated heterocycles. The van der Waals surface area contributed by atoms with E-state index in [4.69, 9.17) is 0 Å². The predicted molar refractivity (Wildman–Crippen MR) is 96.5 cm³/mol. The highest BCUT2D eigenvalue weighted by Gasteiger charge is 2.15. The minimum absolute atomic E-state index is 1.13. The van der Waals surface area contributed by atoms with E-state index in [0.29, 0.717) is 0 Å². The first-order valence-electron chi connectivity index (χ1n) is 8.50. The van der Waals surface area contributed by atoms with Crippen LogP contribution < -0.4 is 0 Å². The molecule has 1 aliphatic heterocycles. The molecule has 0 N–H and O–H groups in total. The van der Waals surface area contributed by atoms with Crippen LogP contribution in [-0.2, 0) is 6.42 Å². The first-order chi connectivity index (χ1) is 10.0. The second kappa shape index (κ2) is 7.95. The molecule has 0 atom stereocenters. The number of rotatable bonds is 6. The monoisotopic (exact) mass is 301 g/mol. The highest BCUT2D eigenvalue weighted by Crippen LogP contribution is 2.17. The first kappa shape index (κ1) is 16.5. The van der Waals surface area contributed by atoms with Crippen LogP contribution in [0, 0.1) is 0 Å². The van der Waals surface area contributed by atoms with Crippen molar-refractivity contribution in [2.24, 2.45) is 0 Å². The Bertz CT molecular complexity index is 438. The molecule has 0 bridgehead atoms. The summed E-state index contributed by atoms with van der Waals surface area (Å²) in [5, 5.41) is 0. The van der Waals surface area contributed by atoms with E-state index in [2.05, 4.69) is 60.6 Å². The van der Waals surface area contributed by atoms with E-state index in [1.165, 1.54) is 57.3 Å². The molecule has 0 spiro atoms. The quantitative estimate of drug-likeness (QED) is 0.675. The van der Waals surface area contributed by atoms with Crippen LogP contribution in [0.1, 0.15) is 31.2 Å². The molecule has 1 fully saturated rings. The first-order valence-corrected chi connectivity index (χ1v) is 12.1. The smallest absolute Gasteiger partial charge is 0.0687 e. The van der Waals surface area contributed by atoms with Crippen molar-refractivity contribution in [1.82, 2.24) is 4.90 Å². The Morgan fingerprint density at radius 3 is 2.33 bits per heavy atom. The molecule has 0 unspecified atom stereocenters. The fraction of sp³-hybridized carbons (Fsp3) is 0.579. The molecule has 1 nitrogen and oxygen atoms in total. The fourth-order valence-corrected chi connectivity index (χ4v) is 4.62. The molecule has 2 rings (SSSR count). The maximum absolute atomic E-state index is 2.67. The zero-order valence-corrected chi connectivity index (χ0v) is 15.1. The highest BCUT2D eigenvalue weighted by molar-refractivity contribution is 6.81. The second-order valence-corrected chi connectivity index (χ2v) is 12.5. The second-order valence-electron chi connectivity index (χ2n) is 7.49.